The van der Waals surface area contributed by atoms with Crippen LogP contribution in [-0.2, 0) is 11.3 Å². The minimum atomic E-state index is -0.876. The predicted molar refractivity (Wildman–Crippen MR) is 69.1 cm³/mol. The van der Waals surface area contributed by atoms with Crippen LogP contribution in [0.4, 0.5) is 4.39 Å². The van der Waals surface area contributed by atoms with Gasteiger partial charge in [-0.05, 0) is 35.4 Å². The first kappa shape index (κ1) is 13.5. The standard InChI is InChI=1S/C13H13FN4O3/c1-21-8-2-3-9(10(14)6-8)11-15-16-17-18(11)7-13(4-5-13)12(19)20/h2-3,6H,4-5,7H2,1H3,(H,19,20). The number of tetrazole rings is 1. The fourth-order valence-corrected chi connectivity index (χ4v) is 2.19. The van der Waals surface area contributed by atoms with Gasteiger partial charge in [-0.15, -0.1) is 5.10 Å². The molecular formula is C13H13FN4O3. The Morgan fingerprint density at radius 2 is 2.29 bits per heavy atom. The van der Waals surface area contributed by atoms with E-state index in [1.54, 1.807) is 6.07 Å². The molecule has 7 nitrogen and oxygen atoms in total. The number of methoxy groups -OCH3 is 1. The number of aromatic nitrogens is 4. The van der Waals surface area contributed by atoms with Crippen LogP contribution < -0.4 is 4.74 Å². The van der Waals surface area contributed by atoms with Crippen LogP contribution in [0.15, 0.2) is 18.2 Å². The summed E-state index contributed by atoms with van der Waals surface area (Å²) in [6, 6.07) is 4.34. The first-order valence-corrected chi connectivity index (χ1v) is 6.39. The Balaban J connectivity index is 1.94. The van der Waals surface area contributed by atoms with Gasteiger partial charge in [-0.1, -0.05) is 0 Å². The molecule has 0 atom stereocenters. The summed E-state index contributed by atoms with van der Waals surface area (Å²) in [4.78, 5) is 11.2. The molecule has 0 spiro atoms. The molecule has 3 rings (SSSR count). The predicted octanol–water partition coefficient (Wildman–Crippen LogP) is 1.35. The van der Waals surface area contributed by atoms with Gasteiger partial charge in [-0.3, -0.25) is 4.79 Å². The second-order valence-corrected chi connectivity index (χ2v) is 5.09. The Kier molecular flexibility index (Phi) is 3.08. The van der Waals surface area contributed by atoms with Crippen LogP contribution in [0.1, 0.15) is 12.8 Å². The monoisotopic (exact) mass is 292 g/mol. The van der Waals surface area contributed by atoms with Crippen molar-refractivity contribution >= 4 is 5.97 Å². The van der Waals surface area contributed by atoms with Gasteiger partial charge in [0.25, 0.3) is 0 Å². The second kappa shape index (κ2) is 4.80. The second-order valence-electron chi connectivity index (χ2n) is 5.09. The smallest absolute Gasteiger partial charge is 0.311 e. The van der Waals surface area contributed by atoms with Crippen LogP contribution in [0, 0.1) is 11.2 Å². The highest BCUT2D eigenvalue weighted by atomic mass is 19.1. The lowest BCUT2D eigenvalue weighted by molar-refractivity contribution is -0.144. The normalized spacial score (nSPS) is 15.7. The van der Waals surface area contributed by atoms with E-state index in [1.165, 1.54) is 23.9 Å². The van der Waals surface area contributed by atoms with Crippen LogP contribution in [0.3, 0.4) is 0 Å². The quantitative estimate of drug-likeness (QED) is 0.894. The minimum Gasteiger partial charge on any atom is -0.497 e. The summed E-state index contributed by atoms with van der Waals surface area (Å²) in [6.45, 7) is 0.135. The molecule has 110 valence electrons. The van der Waals surface area contributed by atoms with Crippen LogP contribution in [0.5, 0.6) is 5.75 Å². The number of hydrogen-bond acceptors (Lipinski definition) is 5. The zero-order valence-corrected chi connectivity index (χ0v) is 11.3. The largest absolute Gasteiger partial charge is 0.497 e. The van der Waals surface area contributed by atoms with Gasteiger partial charge in [-0.25, -0.2) is 9.07 Å². The number of halogens is 1. The molecule has 8 heteroatoms. The fourth-order valence-electron chi connectivity index (χ4n) is 2.19. The number of aliphatic carboxylic acids is 1. The third-order valence-electron chi connectivity index (χ3n) is 3.71. The first-order chi connectivity index (χ1) is 10.1. The molecular weight excluding hydrogens is 279 g/mol. The highest BCUT2D eigenvalue weighted by Crippen LogP contribution is 2.47. The molecule has 21 heavy (non-hydrogen) atoms. The molecule has 1 aromatic heterocycles. The van der Waals surface area contributed by atoms with Crippen LogP contribution >= 0.6 is 0 Å². The van der Waals surface area contributed by atoms with Crippen molar-refractivity contribution in [2.24, 2.45) is 5.41 Å². The van der Waals surface area contributed by atoms with Crippen molar-refractivity contribution in [3.05, 3.63) is 24.0 Å². The van der Waals surface area contributed by atoms with Crippen molar-refractivity contribution in [1.82, 2.24) is 20.2 Å². The van der Waals surface area contributed by atoms with Crippen LogP contribution in [-0.4, -0.2) is 38.4 Å². The van der Waals surface area contributed by atoms with Crippen molar-refractivity contribution < 1.29 is 19.0 Å². The van der Waals surface area contributed by atoms with E-state index < -0.39 is 17.2 Å². The lowest BCUT2D eigenvalue weighted by Gasteiger charge is -2.11. The van der Waals surface area contributed by atoms with Crippen molar-refractivity contribution in [3.8, 4) is 17.1 Å². The van der Waals surface area contributed by atoms with E-state index in [0.29, 0.717) is 18.6 Å². The third-order valence-corrected chi connectivity index (χ3v) is 3.71. The lowest BCUT2D eigenvalue weighted by atomic mass is 10.1. The van der Waals surface area contributed by atoms with Crippen LogP contribution in [0.2, 0.25) is 0 Å². The van der Waals surface area contributed by atoms with Crippen molar-refractivity contribution in [1.29, 1.82) is 0 Å². The molecule has 0 bridgehead atoms. The zero-order chi connectivity index (χ0) is 15.0. The van der Waals surface area contributed by atoms with Crippen molar-refractivity contribution in [2.75, 3.05) is 7.11 Å². The van der Waals surface area contributed by atoms with Crippen molar-refractivity contribution in [2.45, 2.75) is 19.4 Å². The Morgan fingerprint density at radius 3 is 2.86 bits per heavy atom. The molecule has 0 radical (unpaired) electrons. The lowest BCUT2D eigenvalue weighted by Crippen LogP contribution is -2.22. The Hall–Kier alpha value is -2.51. The zero-order valence-electron chi connectivity index (χ0n) is 11.3. The average molecular weight is 292 g/mol. The molecule has 0 aliphatic heterocycles. The number of carbonyl (C=O) groups is 1. The van der Waals surface area contributed by atoms with E-state index in [9.17, 15) is 14.3 Å². The van der Waals surface area contributed by atoms with Gasteiger partial charge < -0.3 is 9.84 Å². The number of carboxylic acid groups (broad SMARTS) is 1. The molecule has 1 saturated carbocycles. The summed E-state index contributed by atoms with van der Waals surface area (Å²) < 4.78 is 20.4. The van der Waals surface area contributed by atoms with E-state index in [4.69, 9.17) is 4.74 Å². The minimum absolute atomic E-state index is 0.135. The first-order valence-electron chi connectivity index (χ1n) is 6.39. The molecule has 0 unspecified atom stereocenters. The summed E-state index contributed by atoms with van der Waals surface area (Å²) in [5.74, 6) is -0.799. The van der Waals surface area contributed by atoms with Gasteiger partial charge in [0.2, 0.25) is 0 Å². The van der Waals surface area contributed by atoms with Gasteiger partial charge in [-0.2, -0.15) is 0 Å². The van der Waals surface area contributed by atoms with E-state index in [0.717, 1.165) is 0 Å². The third kappa shape index (κ3) is 2.32. The Morgan fingerprint density at radius 1 is 1.52 bits per heavy atom. The number of nitrogens with zero attached hydrogens (tertiary/aromatic N) is 4. The SMILES string of the molecule is COc1ccc(-c2nnnn2CC2(C(=O)O)CC2)c(F)c1. The van der Waals surface area contributed by atoms with E-state index in [2.05, 4.69) is 15.5 Å². The Bertz CT molecular complexity index is 696. The average Bonchev–Trinajstić information content (AvgIpc) is 3.11. The summed E-state index contributed by atoms with van der Waals surface area (Å²) in [7, 11) is 1.45. The summed E-state index contributed by atoms with van der Waals surface area (Å²) >= 11 is 0. The molecule has 1 fully saturated rings. The number of rotatable bonds is 5. The molecule has 1 heterocycles. The molecule has 1 aromatic carbocycles. The van der Waals surface area contributed by atoms with E-state index in [-0.39, 0.29) is 17.9 Å². The molecule has 1 aliphatic rings. The van der Waals surface area contributed by atoms with Gasteiger partial charge in [0.1, 0.15) is 11.6 Å². The number of benzene rings is 1. The van der Waals surface area contributed by atoms with E-state index >= 15 is 0 Å². The van der Waals surface area contributed by atoms with Gasteiger partial charge in [0.15, 0.2) is 5.82 Å². The molecule has 2 aromatic rings. The fraction of sp³-hybridized carbons (Fsp3) is 0.385. The molecule has 1 N–H and O–H groups in total. The van der Waals surface area contributed by atoms with E-state index in [1.807, 2.05) is 0 Å². The van der Waals surface area contributed by atoms with Gasteiger partial charge in [0, 0.05) is 6.07 Å². The maximum absolute atomic E-state index is 14.1. The Labute approximate surface area is 119 Å². The maximum Gasteiger partial charge on any atom is 0.311 e. The maximum atomic E-state index is 14.1. The van der Waals surface area contributed by atoms with Gasteiger partial charge in [0.05, 0.1) is 24.6 Å². The summed E-state index contributed by atoms with van der Waals surface area (Å²) in [6.07, 6.45) is 1.15. The number of hydrogen-bond donors (Lipinski definition) is 1. The number of carboxylic acids is 1. The molecule has 1 aliphatic carbocycles. The highest BCUT2D eigenvalue weighted by Gasteiger charge is 2.51. The summed E-state index contributed by atoms with van der Waals surface area (Å²) in [5.41, 5.74) is -0.616. The summed E-state index contributed by atoms with van der Waals surface area (Å²) in [5, 5.41) is 20.3. The van der Waals surface area contributed by atoms with Crippen molar-refractivity contribution in [3.63, 3.8) is 0 Å². The van der Waals surface area contributed by atoms with Gasteiger partial charge >= 0.3 is 5.97 Å². The topological polar surface area (TPSA) is 90.1 Å². The molecule has 0 saturated heterocycles. The number of ether oxygens (including phenoxy) is 1. The highest BCUT2D eigenvalue weighted by molar-refractivity contribution is 5.77. The molecule has 0 amide bonds. The van der Waals surface area contributed by atoms with Crippen LogP contribution in [0.25, 0.3) is 11.4 Å².